The zero-order valence-corrected chi connectivity index (χ0v) is 20.0. The van der Waals surface area contributed by atoms with E-state index in [-0.39, 0.29) is 5.91 Å². The number of carbonyl (C=O) groups is 1. The zero-order valence-electron chi connectivity index (χ0n) is 16.9. The highest BCUT2D eigenvalue weighted by Gasteiger charge is 2.35. The number of thiocarbonyl (C=S) groups is 1. The lowest BCUT2D eigenvalue weighted by molar-refractivity contribution is -0.114. The number of aromatic nitrogens is 2. The summed E-state index contributed by atoms with van der Waals surface area (Å²) in [5.74, 6) is -0.119. The van der Waals surface area contributed by atoms with Crippen molar-refractivity contribution >= 4 is 63.5 Å². The highest BCUT2D eigenvalue weighted by molar-refractivity contribution is 8.27. The molecular formula is C22H19Cl2N3OS2. The molecule has 30 heavy (non-hydrogen) atoms. The first kappa shape index (κ1) is 21.2. The second kappa shape index (κ2) is 7.93. The third kappa shape index (κ3) is 3.52. The molecular weight excluding hydrogens is 457 g/mol. The minimum atomic E-state index is -0.119. The van der Waals surface area contributed by atoms with Gasteiger partial charge in [0.2, 0.25) is 0 Å². The molecule has 3 aromatic rings. The molecule has 0 saturated carbocycles. The number of hydrogen-bond donors (Lipinski definition) is 0. The molecule has 1 aliphatic rings. The molecule has 0 bridgehead atoms. The number of hydrogen-bond acceptors (Lipinski definition) is 3. The third-order valence-electron chi connectivity index (χ3n) is 5.13. The van der Waals surface area contributed by atoms with Gasteiger partial charge in [0.05, 0.1) is 15.0 Å². The molecule has 4 nitrogen and oxygen atoms in total. The first-order chi connectivity index (χ1) is 14.2. The summed E-state index contributed by atoms with van der Waals surface area (Å²) in [6.07, 6.45) is 1.91. The molecule has 1 aliphatic heterocycles. The van der Waals surface area contributed by atoms with Crippen molar-refractivity contribution in [3.63, 3.8) is 0 Å². The van der Waals surface area contributed by atoms with Crippen LogP contribution < -0.4 is 5.01 Å². The minimum Gasteiger partial charge on any atom is -0.318 e. The molecule has 0 N–H and O–H groups in total. The van der Waals surface area contributed by atoms with Gasteiger partial charge >= 0.3 is 0 Å². The molecule has 0 spiro atoms. The minimum absolute atomic E-state index is 0.119. The molecule has 4 rings (SSSR count). The number of thioether (sulfide) groups is 1. The molecule has 8 heteroatoms. The van der Waals surface area contributed by atoms with Gasteiger partial charge < -0.3 is 4.57 Å². The molecule has 0 atom stereocenters. The van der Waals surface area contributed by atoms with E-state index in [2.05, 4.69) is 10.6 Å². The van der Waals surface area contributed by atoms with Crippen LogP contribution in [0, 0.1) is 27.7 Å². The van der Waals surface area contributed by atoms with Gasteiger partial charge in [-0.25, -0.2) is 0 Å². The molecule has 2 aromatic heterocycles. The lowest BCUT2D eigenvalue weighted by Gasteiger charge is -2.20. The van der Waals surface area contributed by atoms with Crippen LogP contribution in [0.1, 0.15) is 28.3 Å². The lowest BCUT2D eigenvalue weighted by atomic mass is 10.2. The first-order valence-electron chi connectivity index (χ1n) is 9.26. The molecule has 0 aliphatic carbocycles. The Balaban J connectivity index is 1.73. The Morgan fingerprint density at radius 2 is 1.60 bits per heavy atom. The van der Waals surface area contributed by atoms with Crippen molar-refractivity contribution < 1.29 is 4.79 Å². The van der Waals surface area contributed by atoms with Crippen molar-refractivity contribution in [1.82, 2.24) is 9.24 Å². The van der Waals surface area contributed by atoms with Crippen LogP contribution in [0.25, 0.3) is 11.8 Å². The summed E-state index contributed by atoms with van der Waals surface area (Å²) in [5, 5.41) is 2.58. The van der Waals surface area contributed by atoms with Crippen LogP contribution in [0.3, 0.4) is 0 Å². The van der Waals surface area contributed by atoms with Crippen LogP contribution >= 0.6 is 47.2 Å². The molecule has 1 fully saturated rings. The quantitative estimate of drug-likeness (QED) is 0.326. The van der Waals surface area contributed by atoms with E-state index in [9.17, 15) is 4.79 Å². The number of carbonyl (C=O) groups excluding carboxylic acids is 1. The van der Waals surface area contributed by atoms with E-state index < -0.39 is 0 Å². The van der Waals surface area contributed by atoms with Gasteiger partial charge in [-0.1, -0.05) is 35.0 Å². The maximum absolute atomic E-state index is 13.2. The summed E-state index contributed by atoms with van der Waals surface area (Å²) in [7, 11) is 0. The van der Waals surface area contributed by atoms with Crippen LogP contribution in [-0.4, -0.2) is 19.5 Å². The van der Waals surface area contributed by atoms with Crippen LogP contribution in [0.15, 0.2) is 41.3 Å². The van der Waals surface area contributed by atoms with E-state index in [1.807, 2.05) is 62.7 Å². The van der Waals surface area contributed by atoms with E-state index in [0.717, 1.165) is 34.0 Å². The van der Waals surface area contributed by atoms with Crippen molar-refractivity contribution in [3.05, 3.63) is 79.7 Å². The number of halogens is 2. The predicted octanol–water partition coefficient (Wildman–Crippen LogP) is 6.36. The van der Waals surface area contributed by atoms with Crippen molar-refractivity contribution in [1.29, 1.82) is 0 Å². The molecule has 1 saturated heterocycles. The van der Waals surface area contributed by atoms with Gasteiger partial charge in [0.15, 0.2) is 4.32 Å². The second-order valence-corrected chi connectivity index (χ2v) is 9.67. The summed E-state index contributed by atoms with van der Waals surface area (Å²) < 4.78 is 4.47. The van der Waals surface area contributed by atoms with E-state index in [1.54, 1.807) is 11.1 Å². The highest BCUT2D eigenvalue weighted by Crippen LogP contribution is 2.34. The third-order valence-corrected chi connectivity index (χ3v) is 7.15. The van der Waals surface area contributed by atoms with Crippen molar-refractivity contribution in [2.45, 2.75) is 27.7 Å². The van der Waals surface area contributed by atoms with E-state index in [0.29, 0.717) is 19.3 Å². The van der Waals surface area contributed by atoms with Crippen molar-refractivity contribution in [2.24, 2.45) is 0 Å². The normalized spacial score (nSPS) is 15.7. The number of nitrogens with zero attached hydrogens (tertiary/aromatic N) is 3. The number of aryl methyl sites for hydroxylation is 3. The van der Waals surface area contributed by atoms with Crippen molar-refractivity contribution in [2.75, 3.05) is 5.01 Å². The van der Waals surface area contributed by atoms with Crippen LogP contribution in [0.2, 0.25) is 10.0 Å². The fraction of sp³-hybridized carbons (Fsp3) is 0.182. The zero-order chi connectivity index (χ0) is 21.7. The monoisotopic (exact) mass is 475 g/mol. The topological polar surface area (TPSA) is 30.2 Å². The van der Waals surface area contributed by atoms with Gasteiger partial charge in [-0.3, -0.25) is 9.47 Å². The van der Waals surface area contributed by atoms with Gasteiger partial charge in [0.25, 0.3) is 5.91 Å². The van der Waals surface area contributed by atoms with Gasteiger partial charge in [0, 0.05) is 28.5 Å². The van der Waals surface area contributed by atoms with Crippen molar-refractivity contribution in [3.8, 4) is 5.69 Å². The fourth-order valence-electron chi connectivity index (χ4n) is 3.70. The largest absolute Gasteiger partial charge is 0.318 e. The summed E-state index contributed by atoms with van der Waals surface area (Å²) in [6.45, 7) is 7.95. The van der Waals surface area contributed by atoms with Gasteiger partial charge in [0.1, 0.15) is 0 Å². The Labute approximate surface area is 195 Å². The lowest BCUT2D eigenvalue weighted by Crippen LogP contribution is -2.39. The Morgan fingerprint density at radius 3 is 2.23 bits per heavy atom. The standard InChI is InChI=1S/C22H19Cl2N3OS2/c1-12-5-6-13(2)26(12)27-21(28)20(30-22(27)29)10-16-9-14(3)25(15(16)4)17-7-8-18(23)19(24)11-17/h5-11H,1-4H3. The van der Waals surface area contributed by atoms with Gasteiger partial charge in [-0.05, 0) is 88.0 Å². The maximum atomic E-state index is 13.2. The molecule has 1 aromatic carbocycles. The SMILES string of the molecule is Cc1cc(C=C2SC(=S)N(n3c(C)ccc3C)C2=O)c(C)n1-c1ccc(Cl)c(Cl)c1. The summed E-state index contributed by atoms with van der Waals surface area (Å²) in [4.78, 5) is 13.8. The summed E-state index contributed by atoms with van der Waals surface area (Å²) in [5.41, 5.74) is 5.84. The fourth-order valence-corrected chi connectivity index (χ4v) is 5.23. The molecule has 1 amide bonds. The Kier molecular flexibility index (Phi) is 5.62. The van der Waals surface area contributed by atoms with Crippen LogP contribution in [0.5, 0.6) is 0 Å². The predicted molar refractivity (Wildman–Crippen MR) is 131 cm³/mol. The number of rotatable bonds is 3. The number of amides is 1. The average Bonchev–Trinajstić information content (AvgIpc) is 3.25. The molecule has 3 heterocycles. The Morgan fingerprint density at radius 1 is 0.933 bits per heavy atom. The van der Waals surface area contributed by atoms with Gasteiger partial charge in [-0.2, -0.15) is 5.01 Å². The van der Waals surface area contributed by atoms with Crippen LogP contribution in [-0.2, 0) is 4.79 Å². The highest BCUT2D eigenvalue weighted by atomic mass is 35.5. The molecule has 0 unspecified atom stereocenters. The summed E-state index contributed by atoms with van der Waals surface area (Å²) >= 11 is 19.1. The van der Waals surface area contributed by atoms with E-state index >= 15 is 0 Å². The van der Waals surface area contributed by atoms with Gasteiger partial charge in [-0.15, -0.1) is 0 Å². The molecule has 0 radical (unpaired) electrons. The first-order valence-corrected chi connectivity index (χ1v) is 11.2. The van der Waals surface area contributed by atoms with E-state index in [1.165, 1.54) is 11.8 Å². The molecule has 154 valence electrons. The number of benzene rings is 1. The second-order valence-electron chi connectivity index (χ2n) is 7.18. The van der Waals surface area contributed by atoms with Crippen LogP contribution in [0.4, 0.5) is 0 Å². The smallest absolute Gasteiger partial charge is 0.285 e. The Bertz CT molecular complexity index is 1220. The van der Waals surface area contributed by atoms with E-state index in [4.69, 9.17) is 35.4 Å². The Hall–Kier alpha value is -1.99. The maximum Gasteiger partial charge on any atom is 0.285 e. The average molecular weight is 476 g/mol. The summed E-state index contributed by atoms with van der Waals surface area (Å²) in [6, 6.07) is 11.5.